The van der Waals surface area contributed by atoms with Gasteiger partial charge in [-0.3, -0.25) is 0 Å². The molecular weight excluding hydrogens is 430 g/mol. The van der Waals surface area contributed by atoms with Crippen LogP contribution in [0.4, 0.5) is 0 Å². The number of aryl methyl sites for hydroxylation is 1. The van der Waals surface area contributed by atoms with Crippen molar-refractivity contribution in [1.29, 1.82) is 0 Å². The van der Waals surface area contributed by atoms with Crippen LogP contribution >= 0.6 is 0 Å². The second kappa shape index (κ2) is 9.30. The topological polar surface area (TPSA) is 12.5 Å². The van der Waals surface area contributed by atoms with E-state index in [1.54, 1.807) is 0 Å². The van der Waals surface area contributed by atoms with Crippen LogP contribution in [-0.2, 0) is 0 Å². The molecule has 1 aliphatic heterocycles. The van der Waals surface area contributed by atoms with Crippen molar-refractivity contribution in [2.45, 2.75) is 38.4 Å². The maximum atomic E-state index is 6.47. The van der Waals surface area contributed by atoms with E-state index in [0.29, 0.717) is 12.1 Å². The lowest BCUT2D eigenvalue weighted by atomic mass is 10.0. The number of likely N-dealkylation sites (tertiary alicyclic amines) is 1. The van der Waals surface area contributed by atoms with Crippen molar-refractivity contribution in [2.24, 2.45) is 0 Å². The zero-order valence-electron chi connectivity index (χ0n) is 20.7. The van der Waals surface area contributed by atoms with E-state index in [4.69, 9.17) is 4.74 Å². The van der Waals surface area contributed by atoms with Gasteiger partial charge in [-0.25, -0.2) is 0 Å². The molecular formula is C31H35NOSi. The molecule has 3 aromatic carbocycles. The highest BCUT2D eigenvalue weighted by Crippen LogP contribution is 2.44. The van der Waals surface area contributed by atoms with E-state index in [1.165, 1.54) is 64.6 Å². The average molecular weight is 466 g/mol. The Morgan fingerprint density at radius 3 is 2.41 bits per heavy atom. The number of ether oxygens (including phenoxy) is 1. The van der Waals surface area contributed by atoms with Gasteiger partial charge in [-0.2, -0.15) is 0 Å². The molecule has 0 spiro atoms. The molecule has 1 unspecified atom stereocenters. The second-order valence-electron chi connectivity index (χ2n) is 10.2. The smallest absolute Gasteiger partial charge is 0.126 e. The lowest BCUT2D eigenvalue weighted by molar-refractivity contribution is 0.367. The zero-order chi connectivity index (χ0) is 23.7. The minimum absolute atomic E-state index is 0.413. The van der Waals surface area contributed by atoms with Gasteiger partial charge in [0.2, 0.25) is 0 Å². The number of benzene rings is 3. The van der Waals surface area contributed by atoms with Crippen LogP contribution in [0.2, 0.25) is 13.1 Å². The molecule has 1 saturated heterocycles. The van der Waals surface area contributed by atoms with Gasteiger partial charge in [0.05, 0.1) is 8.07 Å². The van der Waals surface area contributed by atoms with E-state index in [0.717, 1.165) is 5.75 Å². The molecule has 2 nitrogen and oxygen atoms in total. The maximum absolute atomic E-state index is 6.47. The molecule has 3 aromatic rings. The van der Waals surface area contributed by atoms with Crippen LogP contribution in [0, 0.1) is 6.92 Å². The van der Waals surface area contributed by atoms with Crippen LogP contribution in [0.3, 0.4) is 0 Å². The van der Waals surface area contributed by atoms with Gasteiger partial charge in [0, 0.05) is 35.5 Å². The summed E-state index contributed by atoms with van der Waals surface area (Å²) in [5, 5.41) is 1.40. The highest BCUT2D eigenvalue weighted by atomic mass is 28.3. The summed E-state index contributed by atoms with van der Waals surface area (Å²) in [7, 11) is -2.04. The normalized spacial score (nSPS) is 17.4. The number of rotatable bonds is 7. The van der Waals surface area contributed by atoms with Crippen molar-refractivity contribution < 1.29 is 4.74 Å². The van der Waals surface area contributed by atoms with E-state index in [2.05, 4.69) is 104 Å². The Labute approximate surface area is 205 Å². The first-order valence-electron chi connectivity index (χ1n) is 12.5. The Balaban J connectivity index is 1.67. The molecule has 0 amide bonds. The number of hydrogen-bond acceptors (Lipinski definition) is 2. The molecule has 34 heavy (non-hydrogen) atoms. The third kappa shape index (κ3) is 4.03. The van der Waals surface area contributed by atoms with Crippen LogP contribution in [0.15, 0.2) is 85.5 Å². The fourth-order valence-corrected chi connectivity index (χ4v) is 9.05. The fourth-order valence-electron chi connectivity index (χ4n) is 5.72. The van der Waals surface area contributed by atoms with Crippen molar-refractivity contribution in [3.05, 3.63) is 102 Å². The highest BCUT2D eigenvalue weighted by Gasteiger charge is 2.42. The van der Waals surface area contributed by atoms with Crippen LogP contribution in [0.25, 0.3) is 16.8 Å². The maximum Gasteiger partial charge on any atom is 0.126 e. The number of nitrogens with zero attached hydrogens (tertiary/aromatic N) is 1. The molecule has 1 fully saturated rings. The van der Waals surface area contributed by atoms with E-state index >= 15 is 0 Å². The largest absolute Gasteiger partial charge is 0.489 e. The minimum atomic E-state index is -2.04. The third-order valence-corrected chi connectivity index (χ3v) is 11.3. The molecule has 2 aliphatic rings. The lowest BCUT2D eigenvalue weighted by Crippen LogP contribution is -2.47. The predicted molar refractivity (Wildman–Crippen MR) is 147 cm³/mol. The van der Waals surface area contributed by atoms with Crippen LogP contribution < -0.4 is 9.92 Å². The number of hydrogen-bond donors (Lipinski definition) is 0. The quantitative estimate of drug-likeness (QED) is 0.277. The van der Waals surface area contributed by atoms with E-state index < -0.39 is 8.07 Å². The summed E-state index contributed by atoms with van der Waals surface area (Å²) in [4.78, 5) is 2.60. The summed E-state index contributed by atoms with van der Waals surface area (Å²) in [6, 6.07) is 24.4. The Hall–Kier alpha value is -3.04. The van der Waals surface area contributed by atoms with Gasteiger partial charge >= 0.3 is 0 Å². The standard InChI is InChI=1S/C31H35NOSi/c1-5-19-33-31-27(24-13-7-6-8-14-24)20-23(2)21-30(31)34(3,4)29-22-28(32-17-11-12-18-32)25-15-9-10-16-26(25)29/h5-10,13-16,20-22,29H,1,11-12,17-19H2,2-4H3. The van der Waals surface area contributed by atoms with Crippen molar-refractivity contribution in [3.8, 4) is 16.9 Å². The Morgan fingerprint density at radius 2 is 1.68 bits per heavy atom. The Morgan fingerprint density at radius 1 is 0.971 bits per heavy atom. The number of fused-ring (bicyclic) bond motifs is 1. The first-order chi connectivity index (χ1) is 16.5. The molecule has 174 valence electrons. The summed E-state index contributed by atoms with van der Waals surface area (Å²) >= 11 is 0. The van der Waals surface area contributed by atoms with Crippen LogP contribution in [-0.4, -0.2) is 32.7 Å². The Bertz CT molecular complexity index is 1220. The Kier molecular flexibility index (Phi) is 6.22. The van der Waals surface area contributed by atoms with Crippen LogP contribution in [0.1, 0.15) is 35.1 Å². The van der Waals surface area contributed by atoms with E-state index in [-0.39, 0.29) is 0 Å². The van der Waals surface area contributed by atoms with Gasteiger partial charge in [-0.1, -0.05) is 98.1 Å². The first-order valence-corrected chi connectivity index (χ1v) is 15.6. The molecule has 3 heteroatoms. The van der Waals surface area contributed by atoms with Crippen molar-refractivity contribution in [2.75, 3.05) is 19.7 Å². The van der Waals surface area contributed by atoms with E-state index in [9.17, 15) is 0 Å². The SMILES string of the molecule is C=CCOc1c(-c2ccccc2)cc(C)cc1[Si](C)(C)C1C=C(N2CCCC2)c2ccccc21. The van der Waals surface area contributed by atoms with Gasteiger partial charge in [-0.15, -0.1) is 0 Å². The summed E-state index contributed by atoms with van der Waals surface area (Å²) in [6.45, 7) is 14.0. The molecule has 1 heterocycles. The lowest BCUT2D eigenvalue weighted by Gasteiger charge is -2.33. The molecule has 0 aromatic heterocycles. The van der Waals surface area contributed by atoms with Crippen molar-refractivity contribution in [3.63, 3.8) is 0 Å². The van der Waals surface area contributed by atoms with Gasteiger partial charge in [0.1, 0.15) is 12.4 Å². The van der Waals surface area contributed by atoms with Gasteiger partial charge in [0.25, 0.3) is 0 Å². The predicted octanol–water partition coefficient (Wildman–Crippen LogP) is 6.92. The van der Waals surface area contributed by atoms with Crippen molar-refractivity contribution >= 4 is 19.0 Å². The first kappa shape index (κ1) is 22.7. The van der Waals surface area contributed by atoms with Gasteiger partial charge in [-0.05, 0) is 42.1 Å². The second-order valence-corrected chi connectivity index (χ2v) is 14.8. The van der Waals surface area contributed by atoms with Gasteiger partial charge < -0.3 is 9.64 Å². The number of allylic oxidation sites excluding steroid dienone is 1. The molecule has 0 radical (unpaired) electrons. The molecule has 0 bridgehead atoms. The van der Waals surface area contributed by atoms with E-state index in [1.807, 2.05) is 6.08 Å². The summed E-state index contributed by atoms with van der Waals surface area (Å²) in [5.41, 5.74) is 8.46. The molecule has 1 aliphatic carbocycles. The molecule has 0 N–H and O–H groups in total. The highest BCUT2D eigenvalue weighted by molar-refractivity contribution is 6.92. The minimum Gasteiger partial charge on any atom is -0.489 e. The molecule has 5 rings (SSSR count). The van der Waals surface area contributed by atoms with Crippen molar-refractivity contribution in [1.82, 2.24) is 4.90 Å². The fraction of sp³-hybridized carbons (Fsp3) is 0.290. The summed E-state index contributed by atoms with van der Waals surface area (Å²) in [6.07, 6.45) is 7.03. The van der Waals surface area contributed by atoms with Gasteiger partial charge in [0.15, 0.2) is 0 Å². The summed E-state index contributed by atoms with van der Waals surface area (Å²) in [5.74, 6) is 1.04. The molecule has 0 saturated carbocycles. The average Bonchev–Trinajstić information content (AvgIpc) is 3.51. The molecule has 1 atom stereocenters. The monoisotopic (exact) mass is 465 g/mol. The summed E-state index contributed by atoms with van der Waals surface area (Å²) < 4.78 is 6.47. The zero-order valence-corrected chi connectivity index (χ0v) is 21.7. The third-order valence-electron chi connectivity index (χ3n) is 7.48. The van der Waals surface area contributed by atoms with Crippen LogP contribution in [0.5, 0.6) is 5.75 Å².